The minimum Gasteiger partial charge on any atom is -0.378 e. The largest absolute Gasteiger partial charge is 0.378 e. The van der Waals surface area contributed by atoms with E-state index in [-0.39, 0.29) is 11.5 Å². The summed E-state index contributed by atoms with van der Waals surface area (Å²) in [7, 11) is 3.93. The van der Waals surface area contributed by atoms with Crippen molar-refractivity contribution in [2.24, 2.45) is 0 Å². The fourth-order valence-corrected chi connectivity index (χ4v) is 3.81. The smallest absolute Gasteiger partial charge is 0.304 e. The van der Waals surface area contributed by atoms with Crippen LogP contribution >= 0.6 is 11.6 Å². The summed E-state index contributed by atoms with van der Waals surface area (Å²) in [6.45, 7) is 0. The van der Waals surface area contributed by atoms with Crippen LogP contribution in [0.4, 0.5) is 10.1 Å². The van der Waals surface area contributed by atoms with Crippen molar-refractivity contribution in [1.82, 2.24) is 10.7 Å². The van der Waals surface area contributed by atoms with E-state index in [4.69, 9.17) is 11.6 Å². The molecule has 4 rings (SSSR count). The lowest BCUT2D eigenvalue weighted by atomic mass is 9.99. The first-order valence-electron chi connectivity index (χ1n) is 10.3. The van der Waals surface area contributed by atoms with E-state index in [2.05, 4.69) is 10.7 Å². The molecule has 0 radical (unpaired) electrons. The van der Waals surface area contributed by atoms with Crippen molar-refractivity contribution in [1.29, 1.82) is 0 Å². The fourth-order valence-electron chi connectivity index (χ4n) is 3.69. The van der Waals surface area contributed by atoms with E-state index >= 15 is 0 Å². The number of halogens is 2. The first-order chi connectivity index (χ1) is 15.8. The van der Waals surface area contributed by atoms with Crippen molar-refractivity contribution in [3.63, 3.8) is 0 Å². The number of hydrogen-bond donors (Lipinski definition) is 2. The van der Waals surface area contributed by atoms with Crippen LogP contribution in [0, 0.1) is 5.82 Å². The summed E-state index contributed by atoms with van der Waals surface area (Å²) in [4.78, 5) is 27.7. The van der Waals surface area contributed by atoms with Gasteiger partial charge in [0.15, 0.2) is 6.04 Å². The molecule has 0 bridgehead atoms. The second kappa shape index (κ2) is 9.42. The topological polar surface area (TPSA) is 64.5 Å². The van der Waals surface area contributed by atoms with Crippen molar-refractivity contribution in [2.45, 2.75) is 12.1 Å². The summed E-state index contributed by atoms with van der Waals surface area (Å²) in [6, 6.07) is 18.8. The number of hydrazine groups is 1. The molecular formula is C25H23ClFN4O2+. The number of anilines is 1. The van der Waals surface area contributed by atoms with E-state index in [1.165, 1.54) is 24.3 Å². The molecule has 8 heteroatoms. The summed E-state index contributed by atoms with van der Waals surface area (Å²) in [5.41, 5.74) is 5.83. The molecule has 0 spiro atoms. The number of nitrogens with one attached hydrogen (secondary N) is 2. The van der Waals surface area contributed by atoms with Crippen molar-refractivity contribution in [3.8, 4) is 0 Å². The molecule has 0 saturated carbocycles. The second-order valence-corrected chi connectivity index (χ2v) is 8.39. The van der Waals surface area contributed by atoms with E-state index in [1.54, 1.807) is 16.8 Å². The van der Waals surface area contributed by atoms with Gasteiger partial charge in [-0.1, -0.05) is 23.7 Å². The molecule has 2 atom stereocenters. The Bertz CT molecular complexity index is 1190. The number of carbonyl (C=O) groups is 2. The summed E-state index contributed by atoms with van der Waals surface area (Å²) in [6.07, 6.45) is 1.82. The van der Waals surface area contributed by atoms with Crippen LogP contribution in [0.25, 0.3) is 0 Å². The predicted molar refractivity (Wildman–Crippen MR) is 126 cm³/mol. The predicted octanol–water partition coefficient (Wildman–Crippen LogP) is 3.56. The zero-order valence-electron chi connectivity index (χ0n) is 18.1. The third-order valence-corrected chi connectivity index (χ3v) is 5.69. The maximum Gasteiger partial charge on any atom is 0.304 e. The summed E-state index contributed by atoms with van der Waals surface area (Å²) >= 11 is 6.06. The van der Waals surface area contributed by atoms with E-state index in [0.29, 0.717) is 5.02 Å². The van der Waals surface area contributed by atoms with Crippen molar-refractivity contribution in [2.75, 3.05) is 19.0 Å². The maximum absolute atomic E-state index is 13.2. The van der Waals surface area contributed by atoms with Crippen LogP contribution in [0.15, 0.2) is 72.8 Å². The van der Waals surface area contributed by atoms with Gasteiger partial charge in [0.2, 0.25) is 12.3 Å². The van der Waals surface area contributed by atoms with Crippen LogP contribution in [0.3, 0.4) is 0 Å². The number of benzene rings is 3. The first kappa shape index (κ1) is 22.5. The van der Waals surface area contributed by atoms with E-state index in [9.17, 15) is 14.0 Å². The molecule has 1 fully saturated rings. The third-order valence-electron chi connectivity index (χ3n) is 5.44. The zero-order chi connectivity index (χ0) is 23.5. The van der Waals surface area contributed by atoms with Gasteiger partial charge in [0.1, 0.15) is 5.82 Å². The van der Waals surface area contributed by atoms with Gasteiger partial charge in [-0.3, -0.25) is 9.59 Å². The SMILES string of the molecule is CN(C)c1ccc(/C=[N+]2\NC(=O)[C@@H](NC(=O)c3ccc(F)cc3)[C@H]2c2ccc(Cl)cc2)cc1. The highest BCUT2D eigenvalue weighted by atomic mass is 35.5. The Hall–Kier alpha value is -3.71. The van der Waals surface area contributed by atoms with Gasteiger partial charge in [0.05, 0.1) is 0 Å². The molecule has 3 aromatic rings. The molecule has 0 aliphatic carbocycles. The Morgan fingerprint density at radius 1 is 1.03 bits per heavy atom. The number of rotatable bonds is 5. The Kier molecular flexibility index (Phi) is 6.42. The highest BCUT2D eigenvalue weighted by molar-refractivity contribution is 6.30. The summed E-state index contributed by atoms with van der Waals surface area (Å²) < 4.78 is 14.9. The molecule has 1 saturated heterocycles. The number of carbonyl (C=O) groups excluding carboxylic acids is 2. The van der Waals surface area contributed by atoms with Crippen LogP contribution in [0.2, 0.25) is 5.02 Å². The molecule has 1 heterocycles. The molecule has 2 amide bonds. The summed E-state index contributed by atoms with van der Waals surface area (Å²) in [5, 5.41) is 3.36. The first-order valence-corrected chi connectivity index (χ1v) is 10.7. The highest BCUT2D eigenvalue weighted by Crippen LogP contribution is 2.27. The van der Waals surface area contributed by atoms with Crippen molar-refractivity contribution in [3.05, 3.63) is 100 Å². The minimum atomic E-state index is -0.874. The third kappa shape index (κ3) is 5.04. The Morgan fingerprint density at radius 2 is 1.67 bits per heavy atom. The van der Waals surface area contributed by atoms with Gasteiger partial charge < -0.3 is 10.2 Å². The molecule has 1 aliphatic rings. The number of nitrogens with zero attached hydrogens (tertiary/aromatic N) is 2. The normalized spacial score (nSPS) is 18.8. The molecule has 33 heavy (non-hydrogen) atoms. The van der Waals surface area contributed by atoms with Gasteiger partial charge in [-0.05, 0) is 60.7 Å². The Morgan fingerprint density at radius 3 is 2.27 bits per heavy atom. The highest BCUT2D eigenvalue weighted by Gasteiger charge is 2.47. The standard InChI is InChI=1S/C25H22ClFN4O2/c1-30(2)21-13-3-16(4-14-21)15-31-23(17-5-9-19(26)10-6-17)22(25(33)29-31)28-24(32)18-7-11-20(27)12-8-18/h3-15,22-23H,1-2H3,(H-,28,29,32,33)/p+1/t22-,23+/m0/s1. The van der Waals surface area contributed by atoms with Crippen LogP contribution in [-0.2, 0) is 4.79 Å². The number of hydrazone groups is 1. The lowest BCUT2D eigenvalue weighted by Crippen LogP contribution is -2.42. The van der Waals surface area contributed by atoms with Crippen LogP contribution < -0.4 is 15.6 Å². The Balaban J connectivity index is 1.68. The summed E-state index contributed by atoms with van der Waals surface area (Å²) in [5.74, 6) is -1.26. The van der Waals surface area contributed by atoms with Crippen LogP contribution in [0.1, 0.15) is 27.5 Å². The quantitative estimate of drug-likeness (QED) is 0.566. The Labute approximate surface area is 196 Å². The molecule has 1 aliphatic heterocycles. The molecule has 6 nitrogen and oxygen atoms in total. The lowest BCUT2D eigenvalue weighted by molar-refractivity contribution is -0.596. The van der Waals surface area contributed by atoms with E-state index in [0.717, 1.165) is 16.8 Å². The van der Waals surface area contributed by atoms with E-state index in [1.807, 2.05) is 61.6 Å². The maximum atomic E-state index is 13.2. The van der Waals surface area contributed by atoms with E-state index < -0.39 is 23.8 Å². The molecule has 168 valence electrons. The molecule has 0 aromatic heterocycles. The van der Waals surface area contributed by atoms with Crippen molar-refractivity contribution < 1.29 is 18.7 Å². The van der Waals surface area contributed by atoms with Crippen LogP contribution in [-0.4, -0.2) is 42.9 Å². The van der Waals surface area contributed by atoms with Gasteiger partial charge in [0.25, 0.3) is 5.91 Å². The van der Waals surface area contributed by atoms with Gasteiger partial charge >= 0.3 is 5.91 Å². The lowest BCUT2D eigenvalue weighted by Gasteiger charge is -2.15. The minimum absolute atomic E-state index is 0.265. The average Bonchev–Trinajstić information content (AvgIpc) is 3.09. The van der Waals surface area contributed by atoms with Gasteiger partial charge in [-0.15, -0.1) is 10.1 Å². The number of hydrogen-bond acceptors (Lipinski definition) is 3. The van der Waals surface area contributed by atoms with Gasteiger partial charge in [0, 0.05) is 41.5 Å². The van der Waals surface area contributed by atoms with Crippen LogP contribution in [0.5, 0.6) is 0 Å². The average molecular weight is 466 g/mol. The molecule has 0 unspecified atom stereocenters. The molecular weight excluding hydrogens is 443 g/mol. The monoisotopic (exact) mass is 465 g/mol. The molecule has 3 aromatic carbocycles. The number of amides is 2. The molecule has 2 N–H and O–H groups in total. The fraction of sp³-hybridized carbons (Fsp3) is 0.160. The zero-order valence-corrected chi connectivity index (χ0v) is 18.9. The van der Waals surface area contributed by atoms with Gasteiger partial charge in [-0.2, -0.15) is 0 Å². The van der Waals surface area contributed by atoms with Gasteiger partial charge in [-0.25, -0.2) is 4.39 Å². The van der Waals surface area contributed by atoms with Crippen molar-refractivity contribution >= 4 is 35.3 Å². The second-order valence-electron chi connectivity index (χ2n) is 7.95.